The maximum atomic E-state index is 8.32. The standard InChI is InChI=1S/C30H39N3/c1-21-10-11-26(17-22(21)2)24-12-15-33(16-13-24)14-5-4-7-25-8-6-9-27-19-28(20-29(25)27)30(32)18-23(3)31/h6,8-11,17,20,24,31-32H,4-5,7,12-16,18-19H2,1-3H3. The Hall–Kier alpha value is -2.52. The van der Waals surface area contributed by atoms with E-state index in [9.17, 15) is 0 Å². The Morgan fingerprint density at radius 1 is 1.00 bits per heavy atom. The molecule has 0 spiro atoms. The van der Waals surface area contributed by atoms with Gasteiger partial charge in [-0.1, -0.05) is 36.4 Å². The Labute approximate surface area is 199 Å². The Kier molecular flexibility index (Phi) is 7.60. The predicted octanol–water partition coefficient (Wildman–Crippen LogP) is 6.89. The molecule has 4 rings (SSSR count). The largest absolute Gasteiger partial charge is 0.310 e. The van der Waals surface area contributed by atoms with Crippen LogP contribution in [0.15, 0.2) is 42.0 Å². The summed E-state index contributed by atoms with van der Waals surface area (Å²) in [4.78, 5) is 2.66. The van der Waals surface area contributed by atoms with E-state index in [2.05, 4.69) is 61.2 Å². The molecular formula is C30H39N3. The first-order valence-corrected chi connectivity index (χ1v) is 12.6. The molecule has 174 valence electrons. The molecule has 0 radical (unpaired) electrons. The van der Waals surface area contributed by atoms with Crippen molar-refractivity contribution in [1.82, 2.24) is 4.90 Å². The third kappa shape index (κ3) is 5.89. The monoisotopic (exact) mass is 441 g/mol. The van der Waals surface area contributed by atoms with Crippen LogP contribution in [0.2, 0.25) is 0 Å². The first kappa shape index (κ1) is 23.6. The van der Waals surface area contributed by atoms with Gasteiger partial charge in [0.2, 0.25) is 0 Å². The molecule has 2 N–H and O–H groups in total. The third-order valence-electron chi connectivity index (χ3n) is 7.58. The number of benzene rings is 2. The van der Waals surface area contributed by atoms with Crippen LogP contribution in [0.1, 0.15) is 78.3 Å². The second-order valence-electron chi connectivity index (χ2n) is 10.2. The minimum Gasteiger partial charge on any atom is -0.310 e. The van der Waals surface area contributed by atoms with Gasteiger partial charge in [0.1, 0.15) is 0 Å². The van der Waals surface area contributed by atoms with Crippen LogP contribution < -0.4 is 0 Å². The van der Waals surface area contributed by atoms with Gasteiger partial charge in [0, 0.05) is 17.8 Å². The molecule has 0 atom stereocenters. The van der Waals surface area contributed by atoms with Gasteiger partial charge in [-0.15, -0.1) is 0 Å². The van der Waals surface area contributed by atoms with E-state index >= 15 is 0 Å². The Morgan fingerprint density at radius 2 is 1.79 bits per heavy atom. The van der Waals surface area contributed by atoms with Gasteiger partial charge in [0.25, 0.3) is 0 Å². The van der Waals surface area contributed by atoms with Crippen LogP contribution in [-0.2, 0) is 12.8 Å². The van der Waals surface area contributed by atoms with Crippen LogP contribution >= 0.6 is 0 Å². The Bertz CT molecular complexity index is 1050. The molecule has 0 bridgehead atoms. The molecule has 1 saturated heterocycles. The number of nitrogens with one attached hydrogen (secondary N) is 2. The molecule has 0 aromatic heterocycles. The van der Waals surface area contributed by atoms with E-state index in [-0.39, 0.29) is 0 Å². The summed E-state index contributed by atoms with van der Waals surface area (Å²) in [6.45, 7) is 9.87. The second kappa shape index (κ2) is 10.6. The van der Waals surface area contributed by atoms with Gasteiger partial charge in [-0.3, -0.25) is 0 Å². The van der Waals surface area contributed by atoms with Gasteiger partial charge in [0.05, 0.1) is 0 Å². The summed E-state index contributed by atoms with van der Waals surface area (Å²) in [7, 11) is 0. The Morgan fingerprint density at radius 3 is 2.52 bits per heavy atom. The molecule has 33 heavy (non-hydrogen) atoms. The fraction of sp³-hybridized carbons (Fsp3) is 0.467. The van der Waals surface area contributed by atoms with E-state index in [1.54, 1.807) is 6.92 Å². The summed E-state index contributed by atoms with van der Waals surface area (Å²) in [6.07, 6.45) is 9.68. The fourth-order valence-electron chi connectivity index (χ4n) is 5.39. The lowest BCUT2D eigenvalue weighted by molar-refractivity contribution is 0.209. The number of unbranched alkanes of at least 4 members (excludes halogenated alkanes) is 1. The molecule has 3 nitrogen and oxygen atoms in total. The Balaban J connectivity index is 1.24. The molecular weight excluding hydrogens is 402 g/mol. The lowest BCUT2D eigenvalue weighted by Gasteiger charge is -2.32. The molecule has 1 fully saturated rings. The third-order valence-corrected chi connectivity index (χ3v) is 7.58. The zero-order valence-corrected chi connectivity index (χ0v) is 20.6. The maximum absolute atomic E-state index is 8.32. The normalized spacial score (nSPS) is 16.5. The number of aryl methyl sites for hydroxylation is 3. The second-order valence-corrected chi connectivity index (χ2v) is 10.2. The van der Waals surface area contributed by atoms with Crippen molar-refractivity contribution < 1.29 is 0 Å². The number of allylic oxidation sites excluding steroid dienone is 1. The van der Waals surface area contributed by atoms with Gasteiger partial charge in [0.15, 0.2) is 0 Å². The van der Waals surface area contributed by atoms with Crippen LogP contribution in [0.3, 0.4) is 0 Å². The molecule has 1 aliphatic carbocycles. The highest BCUT2D eigenvalue weighted by atomic mass is 15.1. The van der Waals surface area contributed by atoms with E-state index in [0.717, 1.165) is 24.3 Å². The number of hydrogen-bond acceptors (Lipinski definition) is 3. The van der Waals surface area contributed by atoms with E-state index in [1.165, 1.54) is 78.7 Å². The molecule has 3 heteroatoms. The van der Waals surface area contributed by atoms with E-state index in [0.29, 0.717) is 17.8 Å². The minimum absolute atomic E-state index is 0.468. The maximum Gasteiger partial charge on any atom is 0.0405 e. The number of hydrogen-bond donors (Lipinski definition) is 2. The number of nitrogens with zero attached hydrogens (tertiary/aromatic N) is 1. The molecule has 1 aliphatic heterocycles. The van der Waals surface area contributed by atoms with Crippen molar-refractivity contribution >= 4 is 17.5 Å². The van der Waals surface area contributed by atoms with Gasteiger partial charge in [-0.2, -0.15) is 0 Å². The van der Waals surface area contributed by atoms with Crippen molar-refractivity contribution in [3.8, 4) is 0 Å². The summed E-state index contributed by atoms with van der Waals surface area (Å²) in [5.41, 5.74) is 10.7. The van der Waals surface area contributed by atoms with Crippen molar-refractivity contribution in [2.45, 2.75) is 71.6 Å². The van der Waals surface area contributed by atoms with Crippen LogP contribution in [0, 0.1) is 24.7 Å². The first-order chi connectivity index (χ1) is 15.9. The van der Waals surface area contributed by atoms with Crippen molar-refractivity contribution in [1.29, 1.82) is 10.8 Å². The topological polar surface area (TPSA) is 50.9 Å². The van der Waals surface area contributed by atoms with Gasteiger partial charge in [-0.05, 0) is 130 Å². The molecule has 2 aliphatic rings. The fourth-order valence-corrected chi connectivity index (χ4v) is 5.39. The predicted molar refractivity (Wildman–Crippen MR) is 141 cm³/mol. The number of rotatable bonds is 9. The summed E-state index contributed by atoms with van der Waals surface area (Å²) < 4.78 is 0. The SMILES string of the molecule is CC(=N)CC(=N)C1=Cc2c(CCCCN3CCC(c4ccc(C)c(C)c4)CC3)cccc2C1. The molecule has 2 aromatic carbocycles. The molecule has 0 saturated carbocycles. The summed E-state index contributed by atoms with van der Waals surface area (Å²) >= 11 is 0. The van der Waals surface area contributed by atoms with Crippen LogP contribution in [0.4, 0.5) is 0 Å². The zero-order valence-electron chi connectivity index (χ0n) is 20.6. The smallest absolute Gasteiger partial charge is 0.0405 e. The summed E-state index contributed by atoms with van der Waals surface area (Å²) in [5, 5.41) is 16.0. The molecule has 0 unspecified atom stereocenters. The van der Waals surface area contributed by atoms with Gasteiger partial charge < -0.3 is 15.7 Å². The van der Waals surface area contributed by atoms with Gasteiger partial charge in [-0.25, -0.2) is 0 Å². The van der Waals surface area contributed by atoms with Crippen LogP contribution in [0.5, 0.6) is 0 Å². The number of likely N-dealkylation sites (tertiary alicyclic amines) is 1. The number of piperidine rings is 1. The van der Waals surface area contributed by atoms with Crippen molar-refractivity contribution in [2.75, 3.05) is 19.6 Å². The highest BCUT2D eigenvalue weighted by Crippen LogP contribution is 2.31. The number of fused-ring (bicyclic) bond motifs is 1. The summed E-state index contributed by atoms with van der Waals surface area (Å²) in [5.74, 6) is 0.726. The highest BCUT2D eigenvalue weighted by Gasteiger charge is 2.21. The van der Waals surface area contributed by atoms with Crippen molar-refractivity contribution in [3.63, 3.8) is 0 Å². The molecule has 1 heterocycles. The lowest BCUT2D eigenvalue weighted by Crippen LogP contribution is -2.33. The quantitative estimate of drug-likeness (QED) is 0.323. The highest BCUT2D eigenvalue weighted by molar-refractivity contribution is 6.12. The molecule has 2 aromatic rings. The lowest BCUT2D eigenvalue weighted by atomic mass is 9.88. The van der Waals surface area contributed by atoms with Crippen LogP contribution in [0.25, 0.3) is 6.08 Å². The van der Waals surface area contributed by atoms with E-state index < -0.39 is 0 Å². The van der Waals surface area contributed by atoms with Crippen LogP contribution in [-0.4, -0.2) is 36.0 Å². The average Bonchev–Trinajstić information content (AvgIpc) is 3.24. The first-order valence-electron chi connectivity index (χ1n) is 12.6. The van der Waals surface area contributed by atoms with Crippen molar-refractivity contribution in [2.24, 2.45) is 0 Å². The molecule has 0 amide bonds. The summed E-state index contributed by atoms with van der Waals surface area (Å²) in [6, 6.07) is 13.7. The van der Waals surface area contributed by atoms with E-state index in [1.807, 2.05) is 0 Å². The zero-order chi connectivity index (χ0) is 23.4. The average molecular weight is 442 g/mol. The minimum atomic E-state index is 0.468. The van der Waals surface area contributed by atoms with E-state index in [4.69, 9.17) is 10.8 Å². The van der Waals surface area contributed by atoms with Gasteiger partial charge >= 0.3 is 0 Å². The van der Waals surface area contributed by atoms with Crippen molar-refractivity contribution in [3.05, 3.63) is 75.4 Å².